The minimum atomic E-state index is 0.468. The van der Waals surface area contributed by atoms with Gasteiger partial charge in [-0.05, 0) is 57.8 Å². The average Bonchev–Trinajstić information content (AvgIpc) is 2.23. The van der Waals surface area contributed by atoms with Crippen molar-refractivity contribution in [2.24, 2.45) is 11.7 Å². The highest BCUT2D eigenvalue weighted by molar-refractivity contribution is 4.78. The molecule has 0 bridgehead atoms. The Morgan fingerprint density at radius 1 is 1.21 bits per heavy atom. The standard InChI is InChI=1S/C11H23N3/c12-11-3-6-14(7-4-11)9-10-2-1-5-13-8-10/h10-11,13H,1-9,12H2. The largest absolute Gasteiger partial charge is 0.328 e. The lowest BCUT2D eigenvalue weighted by atomic mass is 9.97. The second kappa shape index (κ2) is 5.10. The van der Waals surface area contributed by atoms with Gasteiger partial charge in [0.2, 0.25) is 0 Å². The smallest absolute Gasteiger partial charge is 0.00631 e. The maximum absolute atomic E-state index is 5.89. The van der Waals surface area contributed by atoms with Crippen molar-refractivity contribution in [2.75, 3.05) is 32.7 Å². The van der Waals surface area contributed by atoms with Crippen LogP contribution in [-0.4, -0.2) is 43.7 Å². The molecule has 0 radical (unpaired) electrons. The first-order chi connectivity index (χ1) is 6.84. The van der Waals surface area contributed by atoms with Crippen molar-refractivity contribution in [3.05, 3.63) is 0 Å². The first kappa shape index (κ1) is 10.4. The lowest BCUT2D eigenvalue weighted by Gasteiger charge is -2.34. The maximum atomic E-state index is 5.89. The Morgan fingerprint density at radius 3 is 2.64 bits per heavy atom. The SMILES string of the molecule is NC1CCN(CC2CCCNC2)CC1. The van der Waals surface area contributed by atoms with Crippen LogP contribution < -0.4 is 11.1 Å². The fraction of sp³-hybridized carbons (Fsp3) is 1.00. The molecule has 1 atom stereocenters. The maximum Gasteiger partial charge on any atom is 0.00631 e. The van der Waals surface area contributed by atoms with E-state index in [0.717, 1.165) is 5.92 Å². The summed E-state index contributed by atoms with van der Waals surface area (Å²) in [6, 6.07) is 0.468. The van der Waals surface area contributed by atoms with Crippen molar-refractivity contribution in [1.29, 1.82) is 0 Å². The van der Waals surface area contributed by atoms with E-state index in [4.69, 9.17) is 5.73 Å². The van der Waals surface area contributed by atoms with Gasteiger partial charge >= 0.3 is 0 Å². The third-order valence-electron chi connectivity index (χ3n) is 3.55. The van der Waals surface area contributed by atoms with Crippen LogP contribution in [0.4, 0.5) is 0 Å². The Bertz CT molecular complexity index is 158. The summed E-state index contributed by atoms with van der Waals surface area (Å²) >= 11 is 0. The van der Waals surface area contributed by atoms with Gasteiger partial charge in [0.05, 0.1) is 0 Å². The number of rotatable bonds is 2. The van der Waals surface area contributed by atoms with Crippen LogP contribution in [0, 0.1) is 5.92 Å². The van der Waals surface area contributed by atoms with Crippen molar-refractivity contribution in [1.82, 2.24) is 10.2 Å². The van der Waals surface area contributed by atoms with Gasteiger partial charge < -0.3 is 16.0 Å². The van der Waals surface area contributed by atoms with Crippen molar-refractivity contribution in [3.63, 3.8) is 0 Å². The Morgan fingerprint density at radius 2 is 2.00 bits per heavy atom. The van der Waals surface area contributed by atoms with Gasteiger partial charge in [-0.1, -0.05) is 0 Å². The minimum Gasteiger partial charge on any atom is -0.328 e. The second-order valence-electron chi connectivity index (χ2n) is 4.85. The van der Waals surface area contributed by atoms with Crippen molar-refractivity contribution >= 4 is 0 Å². The molecule has 2 heterocycles. The second-order valence-corrected chi connectivity index (χ2v) is 4.85. The van der Waals surface area contributed by atoms with Crippen molar-refractivity contribution in [3.8, 4) is 0 Å². The molecule has 0 aromatic rings. The molecule has 3 heteroatoms. The fourth-order valence-electron chi connectivity index (χ4n) is 2.58. The van der Waals surface area contributed by atoms with Crippen LogP contribution in [0.1, 0.15) is 25.7 Å². The van der Waals surface area contributed by atoms with Gasteiger partial charge in [0.25, 0.3) is 0 Å². The third-order valence-corrected chi connectivity index (χ3v) is 3.55. The molecule has 0 aromatic heterocycles. The summed E-state index contributed by atoms with van der Waals surface area (Å²) in [7, 11) is 0. The summed E-state index contributed by atoms with van der Waals surface area (Å²) < 4.78 is 0. The molecule has 2 rings (SSSR count). The topological polar surface area (TPSA) is 41.3 Å². The molecule has 2 aliphatic rings. The van der Waals surface area contributed by atoms with E-state index in [0.29, 0.717) is 6.04 Å². The Hall–Kier alpha value is -0.120. The molecule has 0 aromatic carbocycles. The number of nitrogens with zero attached hydrogens (tertiary/aromatic N) is 1. The number of hydrogen-bond acceptors (Lipinski definition) is 3. The van der Waals surface area contributed by atoms with E-state index in [9.17, 15) is 0 Å². The predicted octanol–water partition coefficient (Wildman–Crippen LogP) is 0.409. The highest BCUT2D eigenvalue weighted by Gasteiger charge is 2.20. The highest BCUT2D eigenvalue weighted by Crippen LogP contribution is 2.15. The van der Waals surface area contributed by atoms with Gasteiger partial charge in [0, 0.05) is 12.6 Å². The normalized spacial score (nSPS) is 31.9. The van der Waals surface area contributed by atoms with Gasteiger partial charge in [-0.25, -0.2) is 0 Å². The number of nitrogens with one attached hydrogen (secondary N) is 1. The zero-order valence-corrected chi connectivity index (χ0v) is 9.04. The van der Waals surface area contributed by atoms with Crippen LogP contribution in [0.15, 0.2) is 0 Å². The summed E-state index contributed by atoms with van der Waals surface area (Å²) in [6.45, 7) is 6.18. The van der Waals surface area contributed by atoms with E-state index < -0.39 is 0 Å². The average molecular weight is 197 g/mol. The summed E-state index contributed by atoms with van der Waals surface area (Å²) in [4.78, 5) is 2.60. The molecule has 2 aliphatic heterocycles. The Kier molecular flexibility index (Phi) is 3.79. The molecule has 0 saturated carbocycles. The molecule has 0 amide bonds. The van der Waals surface area contributed by atoms with Crippen molar-refractivity contribution in [2.45, 2.75) is 31.7 Å². The number of likely N-dealkylation sites (tertiary alicyclic amines) is 1. The van der Waals surface area contributed by atoms with Gasteiger partial charge in [-0.15, -0.1) is 0 Å². The molecule has 2 saturated heterocycles. The quantitative estimate of drug-likeness (QED) is 0.674. The van der Waals surface area contributed by atoms with Gasteiger partial charge in [0.15, 0.2) is 0 Å². The Labute approximate surface area is 87.0 Å². The van der Waals surface area contributed by atoms with E-state index >= 15 is 0 Å². The summed E-state index contributed by atoms with van der Waals surface area (Å²) in [5.74, 6) is 0.887. The number of hydrogen-bond donors (Lipinski definition) is 2. The summed E-state index contributed by atoms with van der Waals surface area (Å²) in [5.41, 5.74) is 5.89. The number of nitrogens with two attached hydrogens (primary N) is 1. The Balaban J connectivity index is 1.68. The molecule has 0 aliphatic carbocycles. The molecule has 14 heavy (non-hydrogen) atoms. The summed E-state index contributed by atoms with van der Waals surface area (Å²) in [6.07, 6.45) is 5.16. The van der Waals surface area contributed by atoms with E-state index in [1.807, 2.05) is 0 Å². The first-order valence-electron chi connectivity index (χ1n) is 6.03. The van der Waals surface area contributed by atoms with E-state index in [1.54, 1.807) is 0 Å². The highest BCUT2D eigenvalue weighted by atomic mass is 15.1. The van der Waals surface area contributed by atoms with E-state index in [2.05, 4.69) is 10.2 Å². The minimum absolute atomic E-state index is 0.468. The zero-order chi connectivity index (χ0) is 9.80. The fourth-order valence-corrected chi connectivity index (χ4v) is 2.58. The lowest BCUT2D eigenvalue weighted by Crippen LogP contribution is -2.44. The first-order valence-corrected chi connectivity index (χ1v) is 6.03. The molecular formula is C11H23N3. The lowest BCUT2D eigenvalue weighted by molar-refractivity contribution is 0.170. The van der Waals surface area contributed by atoms with Gasteiger partial charge in [0.1, 0.15) is 0 Å². The van der Waals surface area contributed by atoms with Gasteiger partial charge in [-0.3, -0.25) is 0 Å². The molecular weight excluding hydrogens is 174 g/mol. The van der Waals surface area contributed by atoms with E-state index in [-0.39, 0.29) is 0 Å². The van der Waals surface area contributed by atoms with Crippen LogP contribution in [0.5, 0.6) is 0 Å². The number of piperidine rings is 2. The zero-order valence-electron chi connectivity index (χ0n) is 9.04. The van der Waals surface area contributed by atoms with E-state index in [1.165, 1.54) is 58.4 Å². The van der Waals surface area contributed by atoms with Crippen LogP contribution in [0.25, 0.3) is 0 Å². The van der Waals surface area contributed by atoms with Crippen LogP contribution in [0.2, 0.25) is 0 Å². The van der Waals surface area contributed by atoms with Gasteiger partial charge in [-0.2, -0.15) is 0 Å². The molecule has 3 N–H and O–H groups in total. The van der Waals surface area contributed by atoms with Crippen molar-refractivity contribution < 1.29 is 0 Å². The molecule has 2 fully saturated rings. The van der Waals surface area contributed by atoms with Crippen LogP contribution in [0.3, 0.4) is 0 Å². The predicted molar refractivity (Wildman–Crippen MR) is 59.2 cm³/mol. The molecule has 1 unspecified atom stereocenters. The summed E-state index contributed by atoms with van der Waals surface area (Å²) in [5, 5.41) is 3.48. The monoisotopic (exact) mass is 197 g/mol. The molecule has 82 valence electrons. The third kappa shape index (κ3) is 2.94. The molecule has 0 spiro atoms. The van der Waals surface area contributed by atoms with Crippen LogP contribution >= 0.6 is 0 Å². The van der Waals surface area contributed by atoms with Crippen LogP contribution in [-0.2, 0) is 0 Å². The molecule has 3 nitrogen and oxygen atoms in total.